The van der Waals surface area contributed by atoms with Crippen LogP contribution >= 0.6 is 0 Å². The largest absolute Gasteiger partial charge is 0.463 e. The minimum Gasteiger partial charge on any atom is -0.463 e. The van der Waals surface area contributed by atoms with E-state index in [0.29, 0.717) is 25.7 Å². The Balaban J connectivity index is 1.94. The summed E-state index contributed by atoms with van der Waals surface area (Å²) in [5, 5.41) is 39.4. The van der Waals surface area contributed by atoms with Crippen LogP contribution in [0.4, 0.5) is 0 Å². The van der Waals surface area contributed by atoms with E-state index in [1.807, 2.05) is 36.4 Å². The van der Waals surface area contributed by atoms with Crippen LogP contribution in [0.25, 0.3) is 0 Å². The fourth-order valence-corrected chi connectivity index (χ4v) is 4.71. The number of nitrogens with zero attached hydrogens (tertiary/aromatic N) is 1. The van der Waals surface area contributed by atoms with Crippen LogP contribution in [0, 0.1) is 23.2 Å². The van der Waals surface area contributed by atoms with E-state index in [2.05, 4.69) is 13.0 Å². The molecular formula is C27H39NO5. The SMILES string of the molecule is CCCCCC(O)c1ccc([C@@H]2[C@@H](CC=CCCCC(=O)OCCO)[C@H](C#N)C[C@H]2O)cc1. The molecule has 0 spiro atoms. The molecular weight excluding hydrogens is 418 g/mol. The molecule has 6 nitrogen and oxygen atoms in total. The topological polar surface area (TPSA) is 111 Å². The fraction of sp³-hybridized carbons (Fsp3) is 0.630. The van der Waals surface area contributed by atoms with Gasteiger partial charge < -0.3 is 20.1 Å². The highest BCUT2D eigenvalue weighted by Gasteiger charge is 2.42. The number of carbonyl (C=O) groups excluding carboxylic acids is 1. The summed E-state index contributed by atoms with van der Waals surface area (Å²) in [7, 11) is 0. The number of aliphatic hydroxyl groups excluding tert-OH is 3. The Labute approximate surface area is 197 Å². The summed E-state index contributed by atoms with van der Waals surface area (Å²) in [5.41, 5.74) is 1.91. The first-order chi connectivity index (χ1) is 16.0. The Hall–Kier alpha value is -2.20. The van der Waals surface area contributed by atoms with Gasteiger partial charge in [0.15, 0.2) is 0 Å². The van der Waals surface area contributed by atoms with Gasteiger partial charge in [-0.15, -0.1) is 0 Å². The van der Waals surface area contributed by atoms with Gasteiger partial charge in [-0.2, -0.15) is 5.26 Å². The maximum atomic E-state index is 11.5. The number of esters is 1. The van der Waals surface area contributed by atoms with Gasteiger partial charge in [-0.1, -0.05) is 62.6 Å². The second-order valence-electron chi connectivity index (χ2n) is 8.95. The number of aliphatic hydroxyl groups is 3. The summed E-state index contributed by atoms with van der Waals surface area (Å²) in [6.07, 6.45) is 9.90. The molecule has 0 saturated heterocycles. The van der Waals surface area contributed by atoms with E-state index < -0.39 is 12.2 Å². The molecule has 1 fully saturated rings. The molecule has 33 heavy (non-hydrogen) atoms. The van der Waals surface area contributed by atoms with Crippen molar-refractivity contribution in [2.45, 2.75) is 82.8 Å². The van der Waals surface area contributed by atoms with Crippen molar-refractivity contribution in [2.75, 3.05) is 13.2 Å². The van der Waals surface area contributed by atoms with Gasteiger partial charge in [-0.25, -0.2) is 0 Å². The Morgan fingerprint density at radius 2 is 2.00 bits per heavy atom. The van der Waals surface area contributed by atoms with Gasteiger partial charge in [-0.05, 0) is 49.1 Å². The average Bonchev–Trinajstić information content (AvgIpc) is 3.15. The zero-order valence-electron chi connectivity index (χ0n) is 19.7. The summed E-state index contributed by atoms with van der Waals surface area (Å²) in [6, 6.07) is 10.2. The molecule has 1 aliphatic rings. The second kappa shape index (κ2) is 14.8. The number of allylic oxidation sites excluding steroid dienone is 2. The molecule has 2 rings (SSSR count). The number of rotatable bonds is 14. The highest BCUT2D eigenvalue weighted by molar-refractivity contribution is 5.69. The zero-order valence-corrected chi connectivity index (χ0v) is 19.7. The number of hydrogen-bond acceptors (Lipinski definition) is 6. The first-order valence-corrected chi connectivity index (χ1v) is 12.3. The summed E-state index contributed by atoms with van der Waals surface area (Å²) < 4.78 is 4.84. The molecule has 3 N–H and O–H groups in total. The lowest BCUT2D eigenvalue weighted by Gasteiger charge is -2.23. The Kier molecular flexibility index (Phi) is 12.2. The molecule has 5 atom stereocenters. The van der Waals surface area contributed by atoms with E-state index >= 15 is 0 Å². The van der Waals surface area contributed by atoms with E-state index in [9.17, 15) is 20.3 Å². The van der Waals surface area contributed by atoms with Gasteiger partial charge in [0.05, 0.1) is 30.8 Å². The van der Waals surface area contributed by atoms with Crippen molar-refractivity contribution < 1.29 is 24.9 Å². The highest BCUT2D eigenvalue weighted by Crippen LogP contribution is 2.45. The van der Waals surface area contributed by atoms with Gasteiger partial charge in [-0.3, -0.25) is 4.79 Å². The van der Waals surface area contributed by atoms with Crippen LogP contribution in [-0.2, 0) is 9.53 Å². The molecule has 0 heterocycles. The van der Waals surface area contributed by atoms with Crippen molar-refractivity contribution in [2.24, 2.45) is 11.8 Å². The van der Waals surface area contributed by atoms with E-state index in [0.717, 1.165) is 43.2 Å². The van der Waals surface area contributed by atoms with E-state index in [4.69, 9.17) is 9.84 Å². The molecule has 0 amide bonds. The predicted molar refractivity (Wildman–Crippen MR) is 127 cm³/mol. The summed E-state index contributed by atoms with van der Waals surface area (Å²) in [4.78, 5) is 11.5. The lowest BCUT2D eigenvalue weighted by molar-refractivity contribution is -0.144. The molecule has 0 aromatic heterocycles. The van der Waals surface area contributed by atoms with Gasteiger partial charge in [0.25, 0.3) is 0 Å². The Morgan fingerprint density at radius 1 is 1.24 bits per heavy atom. The van der Waals surface area contributed by atoms with E-state index in [-0.39, 0.29) is 36.9 Å². The first kappa shape index (κ1) is 27.0. The van der Waals surface area contributed by atoms with Crippen LogP contribution < -0.4 is 0 Å². The lowest BCUT2D eigenvalue weighted by Crippen LogP contribution is -2.18. The van der Waals surface area contributed by atoms with Crippen molar-refractivity contribution in [1.29, 1.82) is 5.26 Å². The number of unbranched alkanes of at least 4 members (excludes halogenated alkanes) is 3. The minimum atomic E-state index is -0.560. The minimum absolute atomic E-state index is 0.0242. The number of benzene rings is 1. The summed E-state index contributed by atoms with van der Waals surface area (Å²) >= 11 is 0. The van der Waals surface area contributed by atoms with Crippen LogP contribution in [0.1, 0.15) is 87.9 Å². The van der Waals surface area contributed by atoms with Gasteiger partial charge in [0.2, 0.25) is 0 Å². The number of carbonyl (C=O) groups is 1. The highest BCUT2D eigenvalue weighted by atomic mass is 16.5. The summed E-state index contributed by atoms with van der Waals surface area (Å²) in [6.45, 7) is 2.02. The van der Waals surface area contributed by atoms with Gasteiger partial charge >= 0.3 is 5.97 Å². The molecule has 1 aromatic carbocycles. The first-order valence-electron chi connectivity index (χ1n) is 12.3. The lowest BCUT2D eigenvalue weighted by atomic mass is 9.82. The molecule has 182 valence electrons. The van der Waals surface area contributed by atoms with Crippen molar-refractivity contribution in [3.8, 4) is 6.07 Å². The summed E-state index contributed by atoms with van der Waals surface area (Å²) in [5.74, 6) is -0.600. The van der Waals surface area contributed by atoms with Crippen molar-refractivity contribution in [3.05, 3.63) is 47.5 Å². The number of hydrogen-bond donors (Lipinski definition) is 3. The van der Waals surface area contributed by atoms with Crippen molar-refractivity contribution in [3.63, 3.8) is 0 Å². The zero-order chi connectivity index (χ0) is 24.1. The monoisotopic (exact) mass is 457 g/mol. The van der Waals surface area contributed by atoms with Crippen LogP contribution in [0.2, 0.25) is 0 Å². The van der Waals surface area contributed by atoms with E-state index in [1.54, 1.807) is 0 Å². The number of nitriles is 1. The fourth-order valence-electron chi connectivity index (χ4n) is 4.71. The molecule has 1 aliphatic carbocycles. The van der Waals surface area contributed by atoms with Crippen LogP contribution in [0.15, 0.2) is 36.4 Å². The quantitative estimate of drug-likeness (QED) is 0.215. The van der Waals surface area contributed by atoms with Gasteiger partial charge in [0, 0.05) is 12.3 Å². The molecule has 1 saturated carbocycles. The van der Waals surface area contributed by atoms with Crippen LogP contribution in [0.3, 0.4) is 0 Å². The molecule has 1 unspecified atom stereocenters. The Bertz CT molecular complexity index is 770. The average molecular weight is 458 g/mol. The normalized spacial score (nSPS) is 23.5. The molecule has 0 aliphatic heterocycles. The second-order valence-corrected chi connectivity index (χ2v) is 8.95. The molecule has 0 radical (unpaired) electrons. The number of ether oxygens (including phenoxy) is 1. The van der Waals surface area contributed by atoms with Crippen molar-refractivity contribution >= 4 is 5.97 Å². The third kappa shape index (κ3) is 8.58. The third-order valence-electron chi connectivity index (χ3n) is 6.52. The maximum Gasteiger partial charge on any atom is 0.305 e. The maximum absolute atomic E-state index is 11.5. The third-order valence-corrected chi connectivity index (χ3v) is 6.52. The van der Waals surface area contributed by atoms with Crippen LogP contribution in [0.5, 0.6) is 0 Å². The standard InChI is InChI=1S/C27H39NO5/c1-2-3-6-10-24(30)20-12-14-21(15-13-20)27-23(22(19-28)18-25(27)31)9-7-4-5-8-11-26(32)33-17-16-29/h4,7,12-15,22-25,27,29-31H,2-3,5-6,8-11,16-18H2,1H3/t22-,23-,24?,25+,27+/m0/s1. The molecule has 6 heteroatoms. The van der Waals surface area contributed by atoms with Crippen molar-refractivity contribution in [1.82, 2.24) is 0 Å². The molecule has 0 bridgehead atoms. The predicted octanol–water partition coefficient (Wildman–Crippen LogP) is 4.56. The smallest absolute Gasteiger partial charge is 0.305 e. The van der Waals surface area contributed by atoms with E-state index in [1.165, 1.54) is 0 Å². The van der Waals surface area contributed by atoms with Gasteiger partial charge in [0.1, 0.15) is 6.61 Å². The Morgan fingerprint density at radius 3 is 2.67 bits per heavy atom. The molecule has 1 aromatic rings. The van der Waals surface area contributed by atoms with Crippen LogP contribution in [-0.4, -0.2) is 40.6 Å².